The van der Waals surface area contributed by atoms with E-state index in [0.717, 1.165) is 5.56 Å². The Morgan fingerprint density at radius 3 is 2.95 bits per heavy atom. The highest BCUT2D eigenvalue weighted by atomic mass is 35.5. The summed E-state index contributed by atoms with van der Waals surface area (Å²) in [6.45, 7) is 0.274. The lowest BCUT2D eigenvalue weighted by Gasteiger charge is -2.07. The number of anilines is 1. The summed E-state index contributed by atoms with van der Waals surface area (Å²) in [5, 5.41) is 0.452. The fourth-order valence-electron chi connectivity index (χ4n) is 1.59. The number of hydrogen-bond acceptors (Lipinski definition) is 4. The number of nitrogens with zero attached hydrogens (tertiary/aromatic N) is 1. The number of ether oxygens (including phenoxy) is 1. The molecule has 2 rings (SSSR count). The van der Waals surface area contributed by atoms with Crippen LogP contribution in [0.4, 0.5) is 5.69 Å². The summed E-state index contributed by atoms with van der Waals surface area (Å²) in [5.74, 6) is -0.469. The Bertz CT molecular complexity index is 573. The average Bonchev–Trinajstić information content (AvgIpc) is 2.42. The van der Waals surface area contributed by atoms with Crippen LogP contribution in [-0.2, 0) is 11.2 Å². The Morgan fingerprint density at radius 2 is 2.21 bits per heavy atom. The lowest BCUT2D eigenvalue weighted by atomic mass is 10.2. The molecular formula is C14H13ClN2O2. The standard InChI is InChI=1S/C14H13ClN2O2/c15-11-3-4-13(16)12(8-11)14(18)19-7-5-10-2-1-6-17-9-10/h1-4,6,8-9H,5,7,16H2. The van der Waals surface area contributed by atoms with Crippen molar-refractivity contribution in [2.24, 2.45) is 0 Å². The van der Waals surface area contributed by atoms with Crippen molar-refractivity contribution in [3.63, 3.8) is 0 Å². The number of pyridine rings is 1. The summed E-state index contributed by atoms with van der Waals surface area (Å²) >= 11 is 5.82. The molecular weight excluding hydrogens is 264 g/mol. The molecule has 0 atom stereocenters. The topological polar surface area (TPSA) is 65.2 Å². The van der Waals surface area contributed by atoms with E-state index in [9.17, 15) is 4.79 Å². The van der Waals surface area contributed by atoms with Crippen LogP contribution in [0.5, 0.6) is 0 Å². The van der Waals surface area contributed by atoms with Crippen molar-refractivity contribution in [2.75, 3.05) is 12.3 Å². The monoisotopic (exact) mass is 276 g/mol. The molecule has 0 bridgehead atoms. The second kappa shape index (κ2) is 6.20. The molecule has 0 fully saturated rings. The quantitative estimate of drug-likeness (QED) is 0.689. The van der Waals surface area contributed by atoms with Gasteiger partial charge in [-0.2, -0.15) is 0 Å². The van der Waals surface area contributed by atoms with E-state index in [2.05, 4.69) is 4.98 Å². The second-order valence-corrected chi connectivity index (χ2v) is 4.42. The van der Waals surface area contributed by atoms with Crippen molar-refractivity contribution in [1.29, 1.82) is 0 Å². The molecule has 0 saturated carbocycles. The fraction of sp³-hybridized carbons (Fsp3) is 0.143. The summed E-state index contributed by atoms with van der Waals surface area (Å²) in [5.41, 5.74) is 7.36. The van der Waals surface area contributed by atoms with Gasteiger partial charge in [-0.05, 0) is 29.8 Å². The van der Waals surface area contributed by atoms with Crippen LogP contribution >= 0.6 is 11.6 Å². The third-order valence-corrected chi connectivity index (χ3v) is 2.82. The molecule has 1 heterocycles. The molecule has 5 heteroatoms. The van der Waals surface area contributed by atoms with Crippen LogP contribution in [-0.4, -0.2) is 17.6 Å². The van der Waals surface area contributed by atoms with Gasteiger partial charge in [0.2, 0.25) is 0 Å². The lowest BCUT2D eigenvalue weighted by Crippen LogP contribution is -2.10. The van der Waals surface area contributed by atoms with Crippen molar-refractivity contribution in [2.45, 2.75) is 6.42 Å². The first-order valence-corrected chi connectivity index (χ1v) is 6.15. The van der Waals surface area contributed by atoms with Gasteiger partial charge in [-0.3, -0.25) is 4.98 Å². The maximum Gasteiger partial charge on any atom is 0.340 e. The Morgan fingerprint density at radius 1 is 1.37 bits per heavy atom. The maximum absolute atomic E-state index is 11.8. The van der Waals surface area contributed by atoms with Gasteiger partial charge in [-0.1, -0.05) is 17.7 Å². The molecule has 2 aromatic rings. The molecule has 0 aliphatic carbocycles. The number of nitrogen functional groups attached to an aromatic ring is 1. The number of aromatic nitrogens is 1. The molecule has 1 aromatic carbocycles. The molecule has 0 saturated heterocycles. The van der Waals surface area contributed by atoms with Gasteiger partial charge in [0.1, 0.15) is 0 Å². The van der Waals surface area contributed by atoms with Crippen LogP contribution < -0.4 is 5.73 Å². The van der Waals surface area contributed by atoms with Crippen molar-refractivity contribution in [3.05, 3.63) is 58.9 Å². The molecule has 2 N–H and O–H groups in total. The summed E-state index contributed by atoms with van der Waals surface area (Å²) in [4.78, 5) is 15.8. The third kappa shape index (κ3) is 3.69. The van der Waals surface area contributed by atoms with Gasteiger partial charge >= 0.3 is 5.97 Å². The van der Waals surface area contributed by atoms with Gasteiger partial charge in [0, 0.05) is 29.5 Å². The van der Waals surface area contributed by atoms with Crippen LogP contribution in [0.15, 0.2) is 42.7 Å². The molecule has 0 unspecified atom stereocenters. The van der Waals surface area contributed by atoms with Crippen LogP contribution in [0, 0.1) is 0 Å². The zero-order valence-electron chi connectivity index (χ0n) is 10.2. The Labute approximate surface area is 116 Å². The summed E-state index contributed by atoms with van der Waals surface area (Å²) in [7, 11) is 0. The Balaban J connectivity index is 1.93. The molecule has 4 nitrogen and oxygen atoms in total. The summed E-state index contributed by atoms with van der Waals surface area (Å²) in [6.07, 6.45) is 4.05. The van der Waals surface area contributed by atoms with E-state index in [1.807, 2.05) is 12.1 Å². The largest absolute Gasteiger partial charge is 0.462 e. The number of carbonyl (C=O) groups excluding carboxylic acids is 1. The first kappa shape index (κ1) is 13.4. The maximum atomic E-state index is 11.8. The van der Waals surface area contributed by atoms with E-state index in [1.165, 1.54) is 6.07 Å². The minimum absolute atomic E-state index is 0.274. The minimum Gasteiger partial charge on any atom is -0.462 e. The number of carbonyl (C=O) groups is 1. The van der Waals surface area contributed by atoms with E-state index < -0.39 is 5.97 Å². The summed E-state index contributed by atoms with van der Waals surface area (Å²) in [6, 6.07) is 8.48. The first-order valence-electron chi connectivity index (χ1n) is 5.78. The van der Waals surface area contributed by atoms with Crippen LogP contribution in [0.2, 0.25) is 5.02 Å². The van der Waals surface area contributed by atoms with Crippen LogP contribution in [0.1, 0.15) is 15.9 Å². The third-order valence-electron chi connectivity index (χ3n) is 2.58. The summed E-state index contributed by atoms with van der Waals surface area (Å²) < 4.78 is 5.16. The first-order chi connectivity index (χ1) is 9.16. The second-order valence-electron chi connectivity index (χ2n) is 3.98. The predicted molar refractivity (Wildman–Crippen MR) is 74.1 cm³/mol. The number of nitrogens with two attached hydrogens (primary N) is 1. The molecule has 0 radical (unpaired) electrons. The van der Waals surface area contributed by atoms with E-state index in [1.54, 1.807) is 24.5 Å². The Kier molecular flexibility index (Phi) is 4.36. The molecule has 19 heavy (non-hydrogen) atoms. The zero-order valence-corrected chi connectivity index (χ0v) is 10.9. The molecule has 1 aromatic heterocycles. The highest BCUT2D eigenvalue weighted by Crippen LogP contribution is 2.18. The van der Waals surface area contributed by atoms with E-state index in [0.29, 0.717) is 22.7 Å². The number of hydrogen-bond donors (Lipinski definition) is 1. The normalized spacial score (nSPS) is 10.2. The van der Waals surface area contributed by atoms with Crippen molar-refractivity contribution < 1.29 is 9.53 Å². The number of halogens is 1. The number of benzene rings is 1. The van der Waals surface area contributed by atoms with E-state index in [-0.39, 0.29) is 6.61 Å². The SMILES string of the molecule is Nc1ccc(Cl)cc1C(=O)OCCc1cccnc1. The van der Waals surface area contributed by atoms with Crippen LogP contribution in [0.25, 0.3) is 0 Å². The highest BCUT2D eigenvalue weighted by molar-refractivity contribution is 6.31. The minimum atomic E-state index is -0.469. The Hall–Kier alpha value is -2.07. The highest BCUT2D eigenvalue weighted by Gasteiger charge is 2.11. The van der Waals surface area contributed by atoms with Gasteiger partial charge in [0.25, 0.3) is 0 Å². The van der Waals surface area contributed by atoms with Gasteiger partial charge in [0.05, 0.1) is 12.2 Å². The van der Waals surface area contributed by atoms with Gasteiger partial charge < -0.3 is 10.5 Å². The predicted octanol–water partition coefficient (Wildman–Crippen LogP) is 2.72. The molecule has 98 valence electrons. The lowest BCUT2D eigenvalue weighted by molar-refractivity contribution is 0.0510. The fourth-order valence-corrected chi connectivity index (χ4v) is 1.76. The molecule has 0 amide bonds. The van der Waals surface area contributed by atoms with Gasteiger partial charge in [-0.25, -0.2) is 4.79 Å². The number of esters is 1. The van der Waals surface area contributed by atoms with Crippen molar-refractivity contribution >= 4 is 23.3 Å². The van der Waals surface area contributed by atoms with Crippen molar-refractivity contribution in [1.82, 2.24) is 4.98 Å². The van der Waals surface area contributed by atoms with Crippen molar-refractivity contribution in [3.8, 4) is 0 Å². The van der Waals surface area contributed by atoms with Crippen LogP contribution in [0.3, 0.4) is 0 Å². The van der Waals surface area contributed by atoms with E-state index >= 15 is 0 Å². The smallest absolute Gasteiger partial charge is 0.340 e. The average molecular weight is 277 g/mol. The molecule has 0 spiro atoms. The number of rotatable bonds is 4. The zero-order chi connectivity index (χ0) is 13.7. The van der Waals surface area contributed by atoms with Gasteiger partial charge in [-0.15, -0.1) is 0 Å². The molecule has 0 aliphatic heterocycles. The molecule has 0 aliphatic rings. The van der Waals surface area contributed by atoms with Gasteiger partial charge in [0.15, 0.2) is 0 Å². The van der Waals surface area contributed by atoms with E-state index in [4.69, 9.17) is 22.1 Å².